The lowest BCUT2D eigenvalue weighted by Crippen LogP contribution is -2.11. The third-order valence-electron chi connectivity index (χ3n) is 0.352. The fourth-order valence-corrected chi connectivity index (χ4v) is 0. The minimum absolute atomic E-state index is 0.00463. The van der Waals surface area contributed by atoms with Crippen molar-refractivity contribution in [1.82, 2.24) is 5.32 Å². The summed E-state index contributed by atoms with van der Waals surface area (Å²) < 4.78 is 0. The van der Waals surface area contributed by atoms with Gasteiger partial charge in [-0.25, -0.2) is 4.79 Å². The van der Waals surface area contributed by atoms with Gasteiger partial charge in [-0.3, -0.25) is 4.79 Å². The van der Waals surface area contributed by atoms with E-state index in [-0.39, 0.29) is 5.91 Å². The van der Waals surface area contributed by atoms with Gasteiger partial charge >= 0.3 is 6.16 Å². The van der Waals surface area contributed by atoms with Crippen molar-refractivity contribution in [3.63, 3.8) is 0 Å². The maximum absolute atomic E-state index is 9.70. The second kappa shape index (κ2) is 6.74. The van der Waals surface area contributed by atoms with E-state index in [2.05, 4.69) is 5.32 Å². The quantitative estimate of drug-likeness (QED) is 0.435. The van der Waals surface area contributed by atoms with Crippen LogP contribution >= 0.6 is 0 Å². The predicted octanol–water partition coefficient (Wildman–Crippen LogP) is -0.0253. The van der Waals surface area contributed by atoms with E-state index in [0.29, 0.717) is 0 Å². The van der Waals surface area contributed by atoms with Gasteiger partial charge in [0.1, 0.15) is 0 Å². The van der Waals surface area contributed by atoms with Gasteiger partial charge in [0.25, 0.3) is 0 Å². The lowest BCUT2D eigenvalue weighted by Gasteiger charge is -1.80. The second-order valence-corrected chi connectivity index (χ2v) is 1.09. The van der Waals surface area contributed by atoms with Crippen LogP contribution in [-0.2, 0) is 4.79 Å². The van der Waals surface area contributed by atoms with Crippen LogP contribution in [0.25, 0.3) is 0 Å². The van der Waals surface area contributed by atoms with E-state index >= 15 is 0 Å². The van der Waals surface area contributed by atoms with Crippen molar-refractivity contribution in [2.45, 2.75) is 6.92 Å². The lowest BCUT2D eigenvalue weighted by atomic mass is 10.7. The molecule has 0 aromatic rings. The maximum Gasteiger partial charge on any atom is 0.503 e. The highest BCUT2D eigenvalue weighted by Gasteiger charge is 1.72. The van der Waals surface area contributed by atoms with Gasteiger partial charge in [-0.1, -0.05) is 0 Å². The largest absolute Gasteiger partial charge is 0.503 e. The number of carbonyl (C=O) groups is 2. The zero-order valence-corrected chi connectivity index (χ0v) is 5.21. The van der Waals surface area contributed by atoms with Crippen molar-refractivity contribution in [3.05, 3.63) is 0 Å². The van der Waals surface area contributed by atoms with Gasteiger partial charge in [-0.2, -0.15) is 0 Å². The summed E-state index contributed by atoms with van der Waals surface area (Å²) in [6.45, 7) is 1.47. The number of hydrogen-bond acceptors (Lipinski definition) is 2. The molecule has 0 aromatic carbocycles. The molecule has 0 atom stereocenters. The molecule has 0 bridgehead atoms. The van der Waals surface area contributed by atoms with E-state index in [4.69, 9.17) is 15.0 Å². The molecule has 0 saturated carbocycles. The lowest BCUT2D eigenvalue weighted by molar-refractivity contribution is -0.118. The third-order valence-corrected chi connectivity index (χ3v) is 0.352. The molecule has 9 heavy (non-hydrogen) atoms. The summed E-state index contributed by atoms with van der Waals surface area (Å²) in [6, 6.07) is 0. The first-order valence-electron chi connectivity index (χ1n) is 2.11. The van der Waals surface area contributed by atoms with E-state index in [1.807, 2.05) is 0 Å². The zero-order valence-electron chi connectivity index (χ0n) is 5.21. The molecule has 5 nitrogen and oxygen atoms in total. The van der Waals surface area contributed by atoms with Crippen LogP contribution in [0.1, 0.15) is 6.92 Å². The molecule has 0 aromatic heterocycles. The summed E-state index contributed by atoms with van der Waals surface area (Å²) in [5.41, 5.74) is 0. The second-order valence-electron chi connectivity index (χ2n) is 1.09. The van der Waals surface area contributed by atoms with E-state index in [1.54, 1.807) is 7.05 Å². The Morgan fingerprint density at radius 2 is 1.44 bits per heavy atom. The van der Waals surface area contributed by atoms with Gasteiger partial charge in [0, 0.05) is 14.0 Å². The number of carbonyl (C=O) groups excluding carboxylic acids is 1. The normalized spacial score (nSPS) is 6.44. The van der Waals surface area contributed by atoms with Gasteiger partial charge in [0.05, 0.1) is 0 Å². The highest BCUT2D eigenvalue weighted by molar-refractivity contribution is 5.72. The van der Waals surface area contributed by atoms with Crippen LogP contribution in [-0.4, -0.2) is 29.3 Å². The first-order valence-corrected chi connectivity index (χ1v) is 2.11. The topological polar surface area (TPSA) is 86.6 Å². The molecule has 0 unspecified atom stereocenters. The predicted molar refractivity (Wildman–Crippen MR) is 30.4 cm³/mol. The highest BCUT2D eigenvalue weighted by Crippen LogP contribution is 1.45. The molecule has 0 aliphatic rings. The molecule has 0 aliphatic heterocycles. The van der Waals surface area contributed by atoms with Crippen molar-refractivity contribution in [3.8, 4) is 0 Å². The van der Waals surface area contributed by atoms with Crippen LogP contribution in [0.4, 0.5) is 4.79 Å². The summed E-state index contributed by atoms with van der Waals surface area (Å²) in [4.78, 5) is 18.3. The van der Waals surface area contributed by atoms with E-state index < -0.39 is 6.16 Å². The Labute approximate surface area is 52.3 Å². The average Bonchev–Trinajstić information content (AvgIpc) is 1.65. The Hall–Kier alpha value is -1.26. The molecule has 0 rings (SSSR count). The van der Waals surface area contributed by atoms with Crippen LogP contribution in [0.3, 0.4) is 0 Å². The molecule has 0 radical (unpaired) electrons. The fourth-order valence-electron chi connectivity index (χ4n) is 0. The van der Waals surface area contributed by atoms with Crippen LogP contribution in [0, 0.1) is 0 Å². The molecule has 0 saturated heterocycles. The van der Waals surface area contributed by atoms with E-state index in [1.165, 1.54) is 6.92 Å². The van der Waals surface area contributed by atoms with Crippen LogP contribution in [0.2, 0.25) is 0 Å². The molecule has 0 heterocycles. The van der Waals surface area contributed by atoms with Crippen molar-refractivity contribution < 1.29 is 19.8 Å². The summed E-state index contributed by atoms with van der Waals surface area (Å²) in [5.74, 6) is 0.00463. The number of carboxylic acid groups (broad SMARTS) is 2. The number of nitrogens with one attached hydrogen (secondary N) is 1. The first-order chi connectivity index (χ1) is 4.00. The number of amides is 1. The first kappa shape index (κ1) is 10.7. The summed E-state index contributed by atoms with van der Waals surface area (Å²) in [5, 5.41) is 16.3. The fraction of sp³-hybridized carbons (Fsp3) is 0.500. The van der Waals surface area contributed by atoms with Crippen molar-refractivity contribution in [1.29, 1.82) is 0 Å². The van der Waals surface area contributed by atoms with Gasteiger partial charge in [0.15, 0.2) is 0 Å². The van der Waals surface area contributed by atoms with E-state index in [0.717, 1.165) is 0 Å². The van der Waals surface area contributed by atoms with Crippen LogP contribution < -0.4 is 5.32 Å². The Morgan fingerprint density at radius 3 is 1.44 bits per heavy atom. The molecule has 54 valence electrons. The molecule has 0 spiro atoms. The maximum atomic E-state index is 9.70. The van der Waals surface area contributed by atoms with Crippen LogP contribution in [0.15, 0.2) is 0 Å². The SMILES string of the molecule is CNC(C)=O.O=C(O)O. The highest BCUT2D eigenvalue weighted by atomic mass is 16.6. The van der Waals surface area contributed by atoms with Crippen molar-refractivity contribution >= 4 is 12.1 Å². The standard InChI is InChI=1S/C3H7NO.CH2O3/c1-3(5)4-2;2-1(3)4/h1-2H3,(H,4,5);(H2,2,3,4). The molecule has 5 heteroatoms. The van der Waals surface area contributed by atoms with E-state index in [9.17, 15) is 4.79 Å². The van der Waals surface area contributed by atoms with Gasteiger partial charge < -0.3 is 15.5 Å². The Morgan fingerprint density at radius 1 is 1.33 bits per heavy atom. The molecular formula is C4H9NO4. The summed E-state index contributed by atoms with van der Waals surface area (Å²) in [7, 11) is 1.60. The van der Waals surface area contributed by atoms with Crippen molar-refractivity contribution in [2.24, 2.45) is 0 Å². The summed E-state index contributed by atoms with van der Waals surface area (Å²) >= 11 is 0. The van der Waals surface area contributed by atoms with Gasteiger partial charge in [0.2, 0.25) is 5.91 Å². The zero-order chi connectivity index (χ0) is 7.86. The third kappa shape index (κ3) is 277. The molecule has 0 fully saturated rings. The van der Waals surface area contributed by atoms with Gasteiger partial charge in [-0.15, -0.1) is 0 Å². The average molecular weight is 135 g/mol. The number of rotatable bonds is 0. The molecule has 0 aliphatic carbocycles. The van der Waals surface area contributed by atoms with Crippen molar-refractivity contribution in [2.75, 3.05) is 7.05 Å². The molecule has 1 amide bonds. The van der Waals surface area contributed by atoms with Gasteiger partial charge in [-0.05, 0) is 0 Å². The Bertz CT molecular complexity index is 96.7. The number of hydrogen-bond donors (Lipinski definition) is 3. The smallest absolute Gasteiger partial charge is 0.450 e. The monoisotopic (exact) mass is 135 g/mol. The van der Waals surface area contributed by atoms with Crippen LogP contribution in [0.5, 0.6) is 0 Å². The Kier molecular flexibility index (Phi) is 7.99. The minimum atomic E-state index is -1.83. The minimum Gasteiger partial charge on any atom is -0.450 e. The molecule has 3 N–H and O–H groups in total. The Balaban J connectivity index is 0. The summed E-state index contributed by atoms with van der Waals surface area (Å²) in [6.07, 6.45) is -1.83. The molecular weight excluding hydrogens is 126 g/mol.